The first-order valence-corrected chi connectivity index (χ1v) is 9.24. The molecular formula is C20H31N3O2. The summed E-state index contributed by atoms with van der Waals surface area (Å²) in [5.41, 5.74) is 2.99. The lowest BCUT2D eigenvalue weighted by atomic mass is 10.0. The average molecular weight is 345 g/mol. The van der Waals surface area contributed by atoms with Crippen molar-refractivity contribution in [2.75, 3.05) is 46.3 Å². The van der Waals surface area contributed by atoms with Gasteiger partial charge in [0.25, 0.3) is 0 Å². The lowest BCUT2D eigenvalue weighted by Crippen LogP contribution is -2.45. The number of hydrogen-bond acceptors (Lipinski definition) is 4. The molecule has 1 aromatic carbocycles. The lowest BCUT2D eigenvalue weighted by molar-refractivity contribution is -0.121. The molecule has 0 aromatic heterocycles. The minimum atomic E-state index is -0.0319. The fourth-order valence-corrected chi connectivity index (χ4v) is 2.98. The molecule has 5 heteroatoms. The Labute approximate surface area is 151 Å². The van der Waals surface area contributed by atoms with Gasteiger partial charge in [-0.1, -0.05) is 12.1 Å². The number of benzene rings is 1. The number of carbonyl (C=O) groups excluding carboxylic acids is 2. The van der Waals surface area contributed by atoms with Gasteiger partial charge in [-0.3, -0.25) is 9.59 Å². The van der Waals surface area contributed by atoms with Crippen molar-refractivity contribution >= 4 is 11.7 Å². The maximum absolute atomic E-state index is 12.2. The van der Waals surface area contributed by atoms with Crippen LogP contribution in [0.3, 0.4) is 0 Å². The van der Waals surface area contributed by atoms with Gasteiger partial charge in [-0.05, 0) is 51.1 Å². The minimum absolute atomic E-state index is 0.0319. The number of piperazine rings is 1. The van der Waals surface area contributed by atoms with E-state index >= 15 is 0 Å². The standard InChI is InChI=1S/C20H31N3O2/c1-16-5-6-18(15-17(16)2)19(24)7-8-20(25)21-9-4-10-23-13-11-22(3)12-14-23/h5-6,15H,4,7-14H2,1-3H3,(H,21,25). The Morgan fingerprint density at radius 3 is 2.44 bits per heavy atom. The number of hydrogen-bond donors (Lipinski definition) is 1. The van der Waals surface area contributed by atoms with Gasteiger partial charge in [0.15, 0.2) is 5.78 Å². The van der Waals surface area contributed by atoms with Crippen LogP contribution in [0.15, 0.2) is 18.2 Å². The normalized spacial score (nSPS) is 16.0. The van der Waals surface area contributed by atoms with Crippen LogP contribution in [0.1, 0.15) is 40.7 Å². The van der Waals surface area contributed by atoms with Crippen LogP contribution in [-0.2, 0) is 4.79 Å². The third-order valence-electron chi connectivity index (χ3n) is 4.98. The number of carbonyl (C=O) groups is 2. The van der Waals surface area contributed by atoms with Crippen LogP contribution in [-0.4, -0.2) is 67.8 Å². The van der Waals surface area contributed by atoms with Gasteiger partial charge in [0.05, 0.1) is 0 Å². The minimum Gasteiger partial charge on any atom is -0.356 e. The molecule has 1 heterocycles. The highest BCUT2D eigenvalue weighted by molar-refractivity contribution is 5.98. The molecule has 1 amide bonds. The zero-order chi connectivity index (χ0) is 18.2. The Balaban J connectivity index is 1.60. The smallest absolute Gasteiger partial charge is 0.220 e. The summed E-state index contributed by atoms with van der Waals surface area (Å²) in [4.78, 5) is 28.9. The summed E-state index contributed by atoms with van der Waals surface area (Å²) in [5, 5.41) is 2.93. The first-order chi connectivity index (χ1) is 12.0. The van der Waals surface area contributed by atoms with Crippen molar-refractivity contribution in [3.8, 4) is 0 Å². The largest absolute Gasteiger partial charge is 0.356 e. The summed E-state index contributed by atoms with van der Waals surface area (Å²) in [5.74, 6) is 0.00578. The molecule has 0 saturated carbocycles. The van der Waals surface area contributed by atoms with E-state index in [-0.39, 0.29) is 24.5 Å². The molecule has 1 aliphatic heterocycles. The summed E-state index contributed by atoms with van der Waals surface area (Å²) >= 11 is 0. The van der Waals surface area contributed by atoms with E-state index in [0.717, 1.165) is 44.7 Å². The Morgan fingerprint density at radius 1 is 1.04 bits per heavy atom. The number of rotatable bonds is 8. The average Bonchev–Trinajstić information content (AvgIpc) is 2.60. The van der Waals surface area contributed by atoms with Crippen molar-refractivity contribution in [3.05, 3.63) is 34.9 Å². The topological polar surface area (TPSA) is 52.7 Å². The number of aryl methyl sites for hydroxylation is 2. The molecule has 1 saturated heterocycles. The van der Waals surface area contributed by atoms with Crippen molar-refractivity contribution in [2.45, 2.75) is 33.1 Å². The monoisotopic (exact) mass is 345 g/mol. The van der Waals surface area contributed by atoms with Gasteiger partial charge in [-0.2, -0.15) is 0 Å². The second-order valence-corrected chi connectivity index (χ2v) is 7.07. The van der Waals surface area contributed by atoms with Crippen LogP contribution in [0.5, 0.6) is 0 Å². The van der Waals surface area contributed by atoms with E-state index in [0.29, 0.717) is 12.1 Å². The van der Waals surface area contributed by atoms with Gasteiger partial charge < -0.3 is 15.1 Å². The molecule has 1 N–H and O–H groups in total. The number of nitrogens with zero attached hydrogens (tertiary/aromatic N) is 2. The first-order valence-electron chi connectivity index (χ1n) is 9.24. The van der Waals surface area contributed by atoms with E-state index < -0.39 is 0 Å². The van der Waals surface area contributed by atoms with Gasteiger partial charge >= 0.3 is 0 Å². The van der Waals surface area contributed by atoms with E-state index in [2.05, 4.69) is 22.2 Å². The van der Waals surface area contributed by atoms with Gasteiger partial charge in [-0.25, -0.2) is 0 Å². The van der Waals surface area contributed by atoms with Crippen molar-refractivity contribution in [2.24, 2.45) is 0 Å². The fourth-order valence-electron chi connectivity index (χ4n) is 2.98. The zero-order valence-electron chi connectivity index (χ0n) is 15.8. The van der Waals surface area contributed by atoms with E-state index in [1.807, 2.05) is 32.0 Å². The fraction of sp³-hybridized carbons (Fsp3) is 0.600. The van der Waals surface area contributed by atoms with Crippen LogP contribution >= 0.6 is 0 Å². The molecule has 0 spiro atoms. The van der Waals surface area contributed by atoms with E-state index in [9.17, 15) is 9.59 Å². The van der Waals surface area contributed by atoms with Gasteiger partial charge in [0.2, 0.25) is 5.91 Å². The maximum atomic E-state index is 12.2. The van der Waals surface area contributed by atoms with Crippen molar-refractivity contribution < 1.29 is 9.59 Å². The summed E-state index contributed by atoms with van der Waals surface area (Å²) < 4.78 is 0. The third-order valence-corrected chi connectivity index (χ3v) is 4.98. The van der Waals surface area contributed by atoms with Crippen LogP contribution in [0, 0.1) is 13.8 Å². The molecule has 0 bridgehead atoms. The Hall–Kier alpha value is -1.72. The molecule has 0 radical (unpaired) electrons. The first kappa shape index (κ1) is 19.6. The molecule has 5 nitrogen and oxygen atoms in total. The summed E-state index contributed by atoms with van der Waals surface area (Å²) in [6.45, 7) is 10.2. The van der Waals surface area contributed by atoms with E-state index in [1.165, 1.54) is 5.56 Å². The van der Waals surface area contributed by atoms with Gasteiger partial charge in [0, 0.05) is 51.1 Å². The molecule has 25 heavy (non-hydrogen) atoms. The molecule has 1 aliphatic rings. The van der Waals surface area contributed by atoms with Crippen LogP contribution in [0.25, 0.3) is 0 Å². The molecular weight excluding hydrogens is 314 g/mol. The molecule has 1 fully saturated rings. The van der Waals surface area contributed by atoms with E-state index in [1.54, 1.807) is 0 Å². The Bertz CT molecular complexity index is 593. The highest BCUT2D eigenvalue weighted by atomic mass is 16.2. The van der Waals surface area contributed by atoms with Crippen molar-refractivity contribution in [3.63, 3.8) is 0 Å². The zero-order valence-corrected chi connectivity index (χ0v) is 15.8. The molecule has 0 aliphatic carbocycles. The number of amides is 1. The van der Waals surface area contributed by atoms with Crippen molar-refractivity contribution in [1.29, 1.82) is 0 Å². The van der Waals surface area contributed by atoms with Crippen LogP contribution in [0.4, 0.5) is 0 Å². The molecule has 0 unspecified atom stereocenters. The highest BCUT2D eigenvalue weighted by Gasteiger charge is 2.13. The Kier molecular flexibility index (Phi) is 7.59. The number of ketones is 1. The second kappa shape index (κ2) is 9.68. The third kappa shape index (κ3) is 6.59. The number of Topliss-reactive ketones (excluding diaryl/α,β-unsaturated/α-hetero) is 1. The summed E-state index contributed by atoms with van der Waals surface area (Å²) in [6, 6.07) is 5.71. The molecule has 0 atom stereocenters. The number of likely N-dealkylation sites (N-methyl/N-ethyl adjacent to an activating group) is 1. The maximum Gasteiger partial charge on any atom is 0.220 e. The number of nitrogens with one attached hydrogen (secondary N) is 1. The van der Waals surface area contributed by atoms with Gasteiger partial charge in [0.1, 0.15) is 0 Å². The summed E-state index contributed by atoms with van der Waals surface area (Å²) in [6.07, 6.45) is 1.49. The van der Waals surface area contributed by atoms with Gasteiger partial charge in [-0.15, -0.1) is 0 Å². The molecule has 2 rings (SSSR count). The Morgan fingerprint density at radius 2 is 1.76 bits per heavy atom. The predicted molar refractivity (Wildman–Crippen MR) is 101 cm³/mol. The van der Waals surface area contributed by atoms with Crippen LogP contribution in [0.2, 0.25) is 0 Å². The second-order valence-electron chi connectivity index (χ2n) is 7.07. The highest BCUT2D eigenvalue weighted by Crippen LogP contribution is 2.12. The predicted octanol–water partition coefficient (Wildman–Crippen LogP) is 2.02. The van der Waals surface area contributed by atoms with Crippen LogP contribution < -0.4 is 5.32 Å². The summed E-state index contributed by atoms with van der Waals surface area (Å²) in [7, 11) is 2.15. The van der Waals surface area contributed by atoms with E-state index in [4.69, 9.17) is 0 Å². The molecule has 1 aromatic rings. The quantitative estimate of drug-likeness (QED) is 0.578. The molecule has 138 valence electrons. The van der Waals surface area contributed by atoms with Crippen molar-refractivity contribution in [1.82, 2.24) is 15.1 Å². The lowest BCUT2D eigenvalue weighted by Gasteiger charge is -2.32. The SMILES string of the molecule is Cc1ccc(C(=O)CCC(=O)NCCCN2CCN(C)CC2)cc1C.